The van der Waals surface area contributed by atoms with E-state index in [-0.39, 0.29) is 18.7 Å². The second-order valence-corrected chi connectivity index (χ2v) is 12.7. The summed E-state index contributed by atoms with van der Waals surface area (Å²) in [5.41, 5.74) is 6.84. The number of methoxy groups -OCH3 is 1. The summed E-state index contributed by atoms with van der Waals surface area (Å²) in [4.78, 5) is 22.6. The molecule has 0 aliphatic carbocycles. The van der Waals surface area contributed by atoms with Gasteiger partial charge < -0.3 is 29.2 Å². The molecule has 0 aliphatic rings. The fraction of sp³-hybridized carbons (Fsp3) is 0.767. The first-order chi connectivity index (χ1) is 20.0. The Balaban J connectivity index is 1.40. The molecule has 0 aliphatic heterocycles. The quantitative estimate of drug-likeness (QED) is 0.0645. The zero-order chi connectivity index (χ0) is 29.6. The number of ether oxygens (including phenoxy) is 2. The van der Waals surface area contributed by atoms with Gasteiger partial charge in [0.15, 0.2) is 11.2 Å². The minimum atomic E-state index is -3.62. The maximum Gasteiger partial charge on any atom is 0.328 e. The van der Waals surface area contributed by atoms with E-state index >= 15 is 0 Å². The molecule has 0 aromatic carbocycles. The summed E-state index contributed by atoms with van der Waals surface area (Å²) in [7, 11) is -2.12. The van der Waals surface area contributed by atoms with Crippen molar-refractivity contribution in [2.75, 3.05) is 38.8 Å². The molecule has 2 heterocycles. The molecule has 0 amide bonds. The number of nitrogens with zero attached hydrogens (tertiary/aromatic N) is 4. The van der Waals surface area contributed by atoms with E-state index in [4.69, 9.17) is 19.7 Å². The van der Waals surface area contributed by atoms with Crippen LogP contribution in [0.5, 0.6) is 5.88 Å². The summed E-state index contributed by atoms with van der Waals surface area (Å²) in [5.74, 6) is 0.437. The Kier molecular flexibility index (Phi) is 18.6. The monoisotopic (exact) mass is 595 g/mol. The first-order valence-electron chi connectivity index (χ1n) is 15.7. The van der Waals surface area contributed by atoms with Crippen LogP contribution in [0.2, 0.25) is 0 Å². The van der Waals surface area contributed by atoms with Crippen LogP contribution in [0, 0.1) is 0 Å². The molecule has 10 nitrogen and oxygen atoms in total. The topological polar surface area (TPSA) is 135 Å². The van der Waals surface area contributed by atoms with Gasteiger partial charge in [-0.05, 0) is 19.3 Å². The third-order valence-corrected chi connectivity index (χ3v) is 8.47. The van der Waals surface area contributed by atoms with Crippen LogP contribution in [0.4, 0.5) is 5.95 Å². The third kappa shape index (κ3) is 15.7. The number of fused-ring (bicyclic) bond motifs is 1. The highest BCUT2D eigenvalue weighted by Gasteiger charge is 2.17. The zero-order valence-corrected chi connectivity index (χ0v) is 26.4. The second kappa shape index (κ2) is 21.7. The van der Waals surface area contributed by atoms with E-state index < -0.39 is 7.60 Å². The number of rotatable bonds is 26. The molecule has 0 saturated heterocycles. The molecular formula is C30H54N5O5P. The van der Waals surface area contributed by atoms with Crippen molar-refractivity contribution >= 4 is 24.7 Å². The van der Waals surface area contributed by atoms with Gasteiger partial charge in [-0.2, -0.15) is 9.97 Å². The Bertz CT molecular complexity index is 1030. The van der Waals surface area contributed by atoms with Crippen molar-refractivity contribution in [3.63, 3.8) is 0 Å². The standard InChI is InChI=1S/C30H54N5O5P/c1-3-4-5-6-7-8-9-10-11-12-13-14-15-18-22-39-23-20-24-40-41(36,37)25-19-16-17-21-35-26-32-27-28(35)33-30(31)34-29(27)38-2/h16-17,26H,3-15,18-25H2,1-2H3,(H,36,37)(H2,31,33,34)/b17-16-. The van der Waals surface area contributed by atoms with Crippen LogP contribution in [0.15, 0.2) is 18.5 Å². The van der Waals surface area contributed by atoms with Gasteiger partial charge in [-0.15, -0.1) is 0 Å². The molecule has 1 unspecified atom stereocenters. The van der Waals surface area contributed by atoms with Crippen molar-refractivity contribution in [1.82, 2.24) is 19.5 Å². The summed E-state index contributed by atoms with van der Waals surface area (Å²) >= 11 is 0. The first-order valence-corrected chi connectivity index (χ1v) is 17.4. The molecule has 2 rings (SSSR count). The molecule has 2 aromatic rings. The highest BCUT2D eigenvalue weighted by Crippen LogP contribution is 2.42. The van der Waals surface area contributed by atoms with E-state index in [0.717, 1.165) is 13.0 Å². The minimum absolute atomic E-state index is 0.0665. The SMILES string of the molecule is CCCCCCCCCCCCCCCCOCCCOP(=O)(O)CC/C=C\Cn1cnc2c(OC)nc(N)nc21. The molecule has 0 bridgehead atoms. The Hall–Kier alpha value is -2.00. The van der Waals surface area contributed by atoms with E-state index in [0.29, 0.717) is 43.0 Å². The van der Waals surface area contributed by atoms with Crippen LogP contribution in [0.25, 0.3) is 11.2 Å². The number of allylic oxidation sites excluding steroid dienone is 2. The number of imidazole rings is 1. The van der Waals surface area contributed by atoms with Gasteiger partial charge in [-0.3, -0.25) is 4.57 Å². The van der Waals surface area contributed by atoms with E-state index in [1.54, 1.807) is 10.9 Å². The van der Waals surface area contributed by atoms with Crippen LogP contribution in [0.3, 0.4) is 0 Å². The van der Waals surface area contributed by atoms with Crippen LogP contribution in [-0.4, -0.2) is 57.5 Å². The number of unbranched alkanes of at least 4 members (excludes halogenated alkanes) is 13. The van der Waals surface area contributed by atoms with E-state index in [1.165, 1.54) is 90.6 Å². The van der Waals surface area contributed by atoms with Gasteiger partial charge >= 0.3 is 7.60 Å². The maximum absolute atomic E-state index is 12.3. The van der Waals surface area contributed by atoms with Crippen molar-refractivity contribution in [2.24, 2.45) is 0 Å². The summed E-state index contributed by atoms with van der Waals surface area (Å²) in [6, 6.07) is 0. The van der Waals surface area contributed by atoms with Crippen LogP contribution in [-0.2, 0) is 20.4 Å². The third-order valence-electron chi connectivity index (χ3n) is 7.06. The Morgan fingerprint density at radius 1 is 0.878 bits per heavy atom. The molecule has 0 radical (unpaired) electrons. The van der Waals surface area contributed by atoms with Gasteiger partial charge in [0, 0.05) is 19.8 Å². The number of nitrogen functional groups attached to an aromatic ring is 1. The summed E-state index contributed by atoms with van der Waals surface area (Å²) in [6.07, 6.45) is 25.3. The first kappa shape index (κ1) is 35.2. The molecule has 0 spiro atoms. The Morgan fingerprint density at radius 2 is 1.49 bits per heavy atom. The van der Waals surface area contributed by atoms with Gasteiger partial charge in [0.25, 0.3) is 0 Å². The number of nitrogens with two attached hydrogens (primary N) is 1. The zero-order valence-electron chi connectivity index (χ0n) is 25.5. The summed E-state index contributed by atoms with van der Waals surface area (Å²) < 4.78 is 30.2. The van der Waals surface area contributed by atoms with Crippen LogP contribution < -0.4 is 10.5 Å². The Labute approximate surface area is 247 Å². The van der Waals surface area contributed by atoms with Gasteiger partial charge in [0.2, 0.25) is 11.8 Å². The highest BCUT2D eigenvalue weighted by atomic mass is 31.2. The lowest BCUT2D eigenvalue weighted by Crippen LogP contribution is -2.03. The molecule has 11 heteroatoms. The van der Waals surface area contributed by atoms with Gasteiger partial charge in [-0.1, -0.05) is 103 Å². The van der Waals surface area contributed by atoms with E-state index in [2.05, 4.69) is 21.9 Å². The summed E-state index contributed by atoms with van der Waals surface area (Å²) in [5, 5.41) is 0. The molecule has 2 aromatic heterocycles. The van der Waals surface area contributed by atoms with Gasteiger partial charge in [-0.25, -0.2) is 4.98 Å². The number of aromatic nitrogens is 4. The summed E-state index contributed by atoms with van der Waals surface area (Å²) in [6.45, 7) is 4.28. The smallest absolute Gasteiger partial charge is 0.328 e. The highest BCUT2D eigenvalue weighted by molar-refractivity contribution is 7.52. The molecule has 1 atom stereocenters. The molecule has 3 N–H and O–H groups in total. The molecular weight excluding hydrogens is 541 g/mol. The van der Waals surface area contributed by atoms with E-state index in [9.17, 15) is 9.46 Å². The lowest BCUT2D eigenvalue weighted by Gasteiger charge is -2.11. The molecule has 0 saturated carbocycles. The van der Waals surface area contributed by atoms with Crippen molar-refractivity contribution in [2.45, 2.75) is 116 Å². The van der Waals surface area contributed by atoms with Crippen molar-refractivity contribution < 1.29 is 23.5 Å². The average Bonchev–Trinajstić information content (AvgIpc) is 3.36. The fourth-order valence-electron chi connectivity index (χ4n) is 4.69. The number of hydrogen-bond acceptors (Lipinski definition) is 8. The Morgan fingerprint density at radius 3 is 2.12 bits per heavy atom. The predicted octanol–water partition coefficient (Wildman–Crippen LogP) is 7.45. The fourth-order valence-corrected chi connectivity index (χ4v) is 5.71. The maximum atomic E-state index is 12.3. The lowest BCUT2D eigenvalue weighted by atomic mass is 10.0. The largest absolute Gasteiger partial charge is 0.479 e. The second-order valence-electron chi connectivity index (χ2n) is 10.7. The normalized spacial score (nSPS) is 13.3. The van der Waals surface area contributed by atoms with Crippen LogP contribution >= 0.6 is 7.60 Å². The van der Waals surface area contributed by atoms with Crippen molar-refractivity contribution in [3.05, 3.63) is 18.5 Å². The molecule has 41 heavy (non-hydrogen) atoms. The van der Waals surface area contributed by atoms with Gasteiger partial charge in [0.1, 0.15) is 0 Å². The van der Waals surface area contributed by atoms with Crippen molar-refractivity contribution in [1.29, 1.82) is 0 Å². The van der Waals surface area contributed by atoms with Crippen molar-refractivity contribution in [3.8, 4) is 5.88 Å². The molecule has 0 fully saturated rings. The predicted molar refractivity (Wildman–Crippen MR) is 166 cm³/mol. The van der Waals surface area contributed by atoms with E-state index in [1.807, 2.05) is 12.2 Å². The lowest BCUT2D eigenvalue weighted by molar-refractivity contribution is 0.113. The van der Waals surface area contributed by atoms with Crippen LogP contribution in [0.1, 0.15) is 110 Å². The number of anilines is 1. The number of hydrogen-bond donors (Lipinski definition) is 2. The minimum Gasteiger partial charge on any atom is -0.479 e. The van der Waals surface area contributed by atoms with Gasteiger partial charge in [0.05, 0.1) is 26.2 Å². The molecule has 234 valence electrons. The average molecular weight is 596 g/mol.